The van der Waals surface area contributed by atoms with Gasteiger partial charge in [0.1, 0.15) is 24.2 Å². The summed E-state index contributed by atoms with van der Waals surface area (Å²) in [5.74, 6) is 1.01. The van der Waals surface area contributed by atoms with E-state index in [1.807, 2.05) is 83.8 Å². The first kappa shape index (κ1) is 33.3. The number of hydrogen-bond donors (Lipinski definition) is 1. The van der Waals surface area contributed by atoms with Crippen molar-refractivity contribution in [2.75, 3.05) is 30.0 Å². The fraction of sp³-hybridized carbons (Fsp3) is 0.237. The second kappa shape index (κ2) is 15.5. The molecule has 7 nitrogen and oxygen atoms in total. The zero-order valence-corrected chi connectivity index (χ0v) is 28.1. The van der Waals surface area contributed by atoms with E-state index >= 15 is 0 Å². The summed E-state index contributed by atoms with van der Waals surface area (Å²) in [7, 11) is 0. The quantitative estimate of drug-likeness (QED) is 0.144. The molecule has 0 saturated carbocycles. The first-order valence-electron chi connectivity index (χ1n) is 15.7. The predicted octanol–water partition coefficient (Wildman–Crippen LogP) is 8.07. The van der Waals surface area contributed by atoms with Gasteiger partial charge in [-0.2, -0.15) is 17.0 Å². The summed E-state index contributed by atoms with van der Waals surface area (Å²) in [6.45, 7) is 1.04. The summed E-state index contributed by atoms with van der Waals surface area (Å²) in [5, 5.41) is 9.77. The number of H-pyrrole nitrogens is 1. The number of carbonyl (C=O) groups excluding carboxylic acids is 1. The maximum absolute atomic E-state index is 14.6. The topological polar surface area (TPSA) is 85.2 Å². The number of rotatable bonds is 12. The smallest absolute Gasteiger partial charge is 0.241 e. The van der Waals surface area contributed by atoms with Gasteiger partial charge < -0.3 is 14.6 Å². The van der Waals surface area contributed by atoms with E-state index in [4.69, 9.17) is 16.3 Å². The highest BCUT2D eigenvalue weighted by atomic mass is 35.5. The van der Waals surface area contributed by atoms with Crippen LogP contribution in [0.25, 0.3) is 11.1 Å². The number of amides is 1. The molecule has 1 N–H and O–H groups in total. The fourth-order valence-corrected chi connectivity index (χ4v) is 6.89. The van der Waals surface area contributed by atoms with Gasteiger partial charge in [-0.05, 0) is 77.9 Å². The van der Waals surface area contributed by atoms with Crippen LogP contribution in [-0.4, -0.2) is 51.9 Å². The molecule has 1 unspecified atom stereocenters. The number of halogens is 2. The molecular weight excluding hydrogens is 645 g/mol. The van der Waals surface area contributed by atoms with Crippen LogP contribution < -0.4 is 9.64 Å². The minimum Gasteiger partial charge on any atom is -0.489 e. The molecule has 244 valence electrons. The number of anilines is 1. The number of hydrogen-bond acceptors (Lipinski definition) is 6. The zero-order chi connectivity index (χ0) is 33.5. The van der Waals surface area contributed by atoms with Gasteiger partial charge >= 0.3 is 0 Å². The number of nitriles is 1. The lowest BCUT2D eigenvalue weighted by Crippen LogP contribution is -2.57. The Kier molecular flexibility index (Phi) is 10.8. The van der Waals surface area contributed by atoms with Gasteiger partial charge in [0.05, 0.1) is 35.9 Å². The van der Waals surface area contributed by atoms with Crippen molar-refractivity contribution in [3.05, 3.63) is 137 Å². The Hall–Kier alpha value is -4.62. The molecule has 1 aliphatic rings. The van der Waals surface area contributed by atoms with Gasteiger partial charge in [0.15, 0.2) is 0 Å². The van der Waals surface area contributed by atoms with E-state index in [1.54, 1.807) is 30.4 Å². The average molecular weight is 680 g/mol. The van der Waals surface area contributed by atoms with Gasteiger partial charge in [-0.3, -0.25) is 9.69 Å². The highest BCUT2D eigenvalue weighted by Crippen LogP contribution is 2.38. The molecule has 0 spiro atoms. The number of piperazine rings is 1. The number of aromatic nitrogens is 2. The largest absolute Gasteiger partial charge is 0.489 e. The molecule has 1 fully saturated rings. The van der Waals surface area contributed by atoms with Crippen molar-refractivity contribution < 1.29 is 13.9 Å². The molecular formula is C38H35ClFN5O2S. The Morgan fingerprint density at radius 3 is 2.69 bits per heavy atom. The minimum absolute atomic E-state index is 0.00380. The molecule has 1 aromatic heterocycles. The Labute approximate surface area is 289 Å². The highest BCUT2D eigenvalue weighted by molar-refractivity contribution is 7.98. The summed E-state index contributed by atoms with van der Waals surface area (Å²) in [5.41, 5.74) is 5.20. The average Bonchev–Trinajstić information content (AvgIpc) is 3.65. The number of thioether (sulfide) groups is 1. The summed E-state index contributed by atoms with van der Waals surface area (Å²) in [6, 6.07) is 29.9. The number of benzene rings is 4. The number of nitrogens with one attached hydrogen (secondary N) is 1. The highest BCUT2D eigenvalue weighted by Gasteiger charge is 2.38. The van der Waals surface area contributed by atoms with Crippen LogP contribution in [-0.2, 0) is 17.8 Å². The third-order valence-electron chi connectivity index (χ3n) is 8.64. The Morgan fingerprint density at radius 1 is 1.08 bits per heavy atom. The van der Waals surface area contributed by atoms with Crippen LogP contribution in [0.15, 0.2) is 104 Å². The van der Waals surface area contributed by atoms with Gasteiger partial charge in [-0.25, -0.2) is 9.37 Å². The summed E-state index contributed by atoms with van der Waals surface area (Å²) in [4.78, 5) is 25.8. The molecule has 6 rings (SSSR count). The van der Waals surface area contributed by atoms with Gasteiger partial charge in [0, 0.05) is 29.4 Å². The molecule has 0 radical (unpaired) electrons. The molecule has 48 heavy (non-hydrogen) atoms. The maximum atomic E-state index is 14.6. The molecule has 1 aliphatic heterocycles. The first-order valence-corrected chi connectivity index (χ1v) is 17.5. The first-order chi connectivity index (χ1) is 23.4. The lowest BCUT2D eigenvalue weighted by Gasteiger charge is -2.45. The second-order valence-corrected chi connectivity index (χ2v) is 13.2. The number of imidazole rings is 1. The fourth-order valence-electron chi connectivity index (χ4n) is 6.22. The molecule has 10 heteroatoms. The van der Waals surface area contributed by atoms with Gasteiger partial charge in [-0.1, -0.05) is 66.2 Å². The maximum Gasteiger partial charge on any atom is 0.241 e. The van der Waals surface area contributed by atoms with E-state index in [1.165, 1.54) is 12.1 Å². The van der Waals surface area contributed by atoms with Crippen LogP contribution in [0.1, 0.15) is 34.8 Å². The third-order valence-corrected chi connectivity index (χ3v) is 9.52. The van der Waals surface area contributed by atoms with Gasteiger partial charge in [0.25, 0.3) is 0 Å². The molecule has 0 bridgehead atoms. The molecule has 4 aromatic carbocycles. The van der Waals surface area contributed by atoms with E-state index < -0.39 is 5.82 Å². The number of ether oxygens (including phenoxy) is 1. The number of nitrogens with zero attached hydrogens (tertiary/aromatic N) is 4. The normalized spacial score (nSPS) is 15.7. The van der Waals surface area contributed by atoms with Crippen molar-refractivity contribution >= 4 is 35.0 Å². The van der Waals surface area contributed by atoms with Crippen LogP contribution in [0.5, 0.6) is 5.75 Å². The molecule has 0 aliphatic carbocycles. The molecule has 1 amide bonds. The monoisotopic (exact) mass is 679 g/mol. The molecule has 2 heterocycles. The minimum atomic E-state index is -0.554. The van der Waals surface area contributed by atoms with Crippen LogP contribution in [0, 0.1) is 17.1 Å². The lowest BCUT2D eigenvalue weighted by atomic mass is 9.96. The van der Waals surface area contributed by atoms with Crippen LogP contribution in [0.3, 0.4) is 0 Å². The summed E-state index contributed by atoms with van der Waals surface area (Å²) < 4.78 is 20.8. The van der Waals surface area contributed by atoms with E-state index in [0.29, 0.717) is 24.6 Å². The van der Waals surface area contributed by atoms with Crippen LogP contribution in [0.2, 0.25) is 5.02 Å². The van der Waals surface area contributed by atoms with Crippen molar-refractivity contribution in [3.63, 3.8) is 0 Å². The Bertz CT molecular complexity index is 1900. The van der Waals surface area contributed by atoms with E-state index in [2.05, 4.69) is 21.1 Å². The zero-order valence-electron chi connectivity index (χ0n) is 26.5. The van der Waals surface area contributed by atoms with Crippen molar-refractivity contribution in [1.29, 1.82) is 5.26 Å². The SMILES string of the molecule is CSCCC1CN(c2cc(Cl)ccc2-c2cccc(OCc3ccccc3)c2)C(=O)CN1[C@@H](Cc1ccc(C#N)c(F)c1)c1cnc[nH]1. The summed E-state index contributed by atoms with van der Waals surface area (Å²) in [6.07, 6.45) is 6.72. The van der Waals surface area contributed by atoms with E-state index in [0.717, 1.165) is 51.6 Å². The third kappa shape index (κ3) is 7.74. The number of carbonyl (C=O) groups is 1. The Morgan fingerprint density at radius 2 is 1.94 bits per heavy atom. The number of aromatic amines is 1. The van der Waals surface area contributed by atoms with Crippen molar-refractivity contribution in [2.45, 2.75) is 31.5 Å². The second-order valence-electron chi connectivity index (χ2n) is 11.7. The van der Waals surface area contributed by atoms with Crippen LogP contribution >= 0.6 is 23.4 Å². The lowest BCUT2D eigenvalue weighted by molar-refractivity contribution is -0.123. The molecule has 2 atom stereocenters. The van der Waals surface area contributed by atoms with Crippen molar-refractivity contribution in [2.24, 2.45) is 0 Å². The Balaban J connectivity index is 1.30. The van der Waals surface area contributed by atoms with E-state index in [-0.39, 0.29) is 30.1 Å². The van der Waals surface area contributed by atoms with Gasteiger partial charge in [0.2, 0.25) is 5.91 Å². The predicted molar refractivity (Wildman–Crippen MR) is 190 cm³/mol. The van der Waals surface area contributed by atoms with Gasteiger partial charge in [-0.15, -0.1) is 0 Å². The van der Waals surface area contributed by atoms with E-state index in [9.17, 15) is 14.4 Å². The van der Waals surface area contributed by atoms with Crippen LogP contribution in [0.4, 0.5) is 10.1 Å². The summed E-state index contributed by atoms with van der Waals surface area (Å²) >= 11 is 8.33. The van der Waals surface area contributed by atoms with Crippen molar-refractivity contribution in [3.8, 4) is 22.9 Å². The molecule has 5 aromatic rings. The molecule has 1 saturated heterocycles. The van der Waals surface area contributed by atoms with Crippen molar-refractivity contribution in [1.82, 2.24) is 14.9 Å². The standard InChI is InChI=1S/C38H35ClFN5O2S/c1-48-15-14-31-22-45(38(46)23-44(31)37(35-21-42-25-43-35)17-27-10-11-29(20-41)34(40)16-27)36-19-30(39)12-13-33(36)28-8-5-9-32(18-28)47-24-26-6-3-2-4-7-26/h2-13,16,18-19,21,25,31,37H,14-15,17,22-24H2,1H3,(H,42,43)/t31?,37-/m0/s1.